The number of benzene rings is 2. The molecule has 0 radical (unpaired) electrons. The molecule has 132 valence electrons. The Kier molecular flexibility index (Phi) is 4.81. The summed E-state index contributed by atoms with van der Waals surface area (Å²) in [7, 11) is -3.61. The lowest BCUT2D eigenvalue weighted by molar-refractivity contribution is -0.122. The molecular weight excluding hydrogens is 387 g/mol. The van der Waals surface area contributed by atoms with E-state index in [0.717, 1.165) is 10.6 Å². The average molecular weight is 401 g/mol. The maximum atomic E-state index is 12.5. The second-order valence-corrected chi connectivity index (χ2v) is 8.29. The number of amides is 1. The minimum atomic E-state index is -3.61. The number of fused-ring (bicyclic) bond motifs is 1. The molecule has 2 aromatic rings. The molecule has 1 atom stereocenters. The minimum Gasteiger partial charge on any atom is -0.476 e. The first kappa shape index (κ1) is 17.8. The van der Waals surface area contributed by atoms with Gasteiger partial charge in [-0.15, -0.1) is 0 Å². The van der Waals surface area contributed by atoms with Crippen LogP contribution in [-0.2, 0) is 14.8 Å². The van der Waals surface area contributed by atoms with Crippen LogP contribution < -0.4 is 14.4 Å². The van der Waals surface area contributed by atoms with E-state index in [9.17, 15) is 13.2 Å². The topological polar surface area (TPSA) is 75.7 Å². The molecule has 0 aromatic heterocycles. The number of hydrogen-bond acceptors (Lipinski definition) is 4. The summed E-state index contributed by atoms with van der Waals surface area (Å²) in [5.74, 6) is -0.205. The van der Waals surface area contributed by atoms with Gasteiger partial charge in [0.25, 0.3) is 5.91 Å². The van der Waals surface area contributed by atoms with E-state index >= 15 is 0 Å². The quantitative estimate of drug-likeness (QED) is 0.858. The van der Waals surface area contributed by atoms with Crippen molar-refractivity contribution < 1.29 is 17.9 Å². The number of rotatable bonds is 3. The van der Waals surface area contributed by atoms with Gasteiger partial charge in [-0.3, -0.25) is 9.10 Å². The SMILES string of the molecule is CS(=O)(=O)N1CC(C(=O)Nc2cccc(Cl)c2)Oc2ccc(Cl)cc21. The number of nitrogens with zero attached hydrogens (tertiary/aromatic N) is 1. The summed E-state index contributed by atoms with van der Waals surface area (Å²) in [5, 5.41) is 3.52. The van der Waals surface area contributed by atoms with Crippen molar-refractivity contribution in [1.29, 1.82) is 0 Å². The second kappa shape index (κ2) is 6.74. The summed E-state index contributed by atoms with van der Waals surface area (Å²) in [5.41, 5.74) is 0.802. The molecule has 2 aromatic carbocycles. The standard InChI is InChI=1S/C16H14Cl2N2O4S/c1-25(22,23)20-9-15(24-14-6-5-11(18)8-13(14)20)16(21)19-12-4-2-3-10(17)7-12/h2-8,15H,9H2,1H3,(H,19,21). The molecule has 0 spiro atoms. The van der Waals surface area contributed by atoms with Gasteiger partial charge in [0.05, 0.1) is 18.5 Å². The molecule has 0 aliphatic carbocycles. The Morgan fingerprint density at radius 1 is 1.20 bits per heavy atom. The molecule has 1 unspecified atom stereocenters. The highest BCUT2D eigenvalue weighted by Crippen LogP contribution is 2.37. The van der Waals surface area contributed by atoms with E-state index in [-0.39, 0.29) is 12.3 Å². The fraction of sp³-hybridized carbons (Fsp3) is 0.188. The number of anilines is 2. The van der Waals surface area contributed by atoms with Gasteiger partial charge in [-0.1, -0.05) is 29.3 Å². The van der Waals surface area contributed by atoms with E-state index in [1.54, 1.807) is 30.3 Å². The molecule has 1 aliphatic heterocycles. The maximum absolute atomic E-state index is 12.5. The summed E-state index contributed by atoms with van der Waals surface area (Å²) in [6.07, 6.45) is 0.0527. The van der Waals surface area contributed by atoms with Crippen LogP contribution >= 0.6 is 23.2 Å². The van der Waals surface area contributed by atoms with Crippen LogP contribution in [-0.4, -0.2) is 33.2 Å². The molecule has 0 bridgehead atoms. The molecule has 1 aliphatic rings. The third kappa shape index (κ3) is 4.00. The summed E-state index contributed by atoms with van der Waals surface area (Å²) < 4.78 is 31.0. The van der Waals surface area contributed by atoms with E-state index < -0.39 is 22.0 Å². The smallest absolute Gasteiger partial charge is 0.267 e. The van der Waals surface area contributed by atoms with E-state index in [1.807, 2.05) is 0 Å². The highest BCUT2D eigenvalue weighted by molar-refractivity contribution is 7.92. The van der Waals surface area contributed by atoms with Gasteiger partial charge < -0.3 is 10.1 Å². The van der Waals surface area contributed by atoms with Gasteiger partial charge in [-0.05, 0) is 36.4 Å². The van der Waals surface area contributed by atoms with Crippen molar-refractivity contribution in [2.75, 3.05) is 22.4 Å². The Balaban J connectivity index is 1.89. The highest BCUT2D eigenvalue weighted by atomic mass is 35.5. The van der Waals surface area contributed by atoms with Gasteiger partial charge in [0.15, 0.2) is 6.10 Å². The normalized spacial score (nSPS) is 16.8. The van der Waals surface area contributed by atoms with Crippen molar-refractivity contribution >= 4 is 50.5 Å². The van der Waals surface area contributed by atoms with Gasteiger partial charge in [-0.25, -0.2) is 8.42 Å². The third-order valence-corrected chi connectivity index (χ3v) is 5.19. The van der Waals surface area contributed by atoms with Crippen molar-refractivity contribution in [1.82, 2.24) is 0 Å². The first-order chi connectivity index (χ1) is 11.7. The lowest BCUT2D eigenvalue weighted by atomic mass is 10.2. The Morgan fingerprint density at radius 2 is 1.92 bits per heavy atom. The molecule has 1 heterocycles. The molecule has 1 N–H and O–H groups in total. The molecule has 0 saturated heterocycles. The number of carbonyl (C=O) groups excluding carboxylic acids is 1. The molecule has 0 saturated carbocycles. The molecule has 1 amide bonds. The van der Waals surface area contributed by atoms with Gasteiger partial charge >= 0.3 is 0 Å². The van der Waals surface area contributed by atoms with Gasteiger partial charge in [-0.2, -0.15) is 0 Å². The Hall–Kier alpha value is -1.96. The molecule has 9 heteroatoms. The Morgan fingerprint density at radius 3 is 2.60 bits per heavy atom. The average Bonchev–Trinajstić information content (AvgIpc) is 2.52. The van der Waals surface area contributed by atoms with Crippen LogP contribution in [0.4, 0.5) is 11.4 Å². The lowest BCUT2D eigenvalue weighted by Gasteiger charge is -2.34. The zero-order valence-corrected chi connectivity index (χ0v) is 15.4. The summed E-state index contributed by atoms with van der Waals surface area (Å²) in [6, 6.07) is 11.2. The fourth-order valence-corrected chi connectivity index (χ4v) is 3.73. The maximum Gasteiger partial charge on any atom is 0.267 e. The number of ether oxygens (including phenoxy) is 1. The second-order valence-electron chi connectivity index (χ2n) is 5.51. The van der Waals surface area contributed by atoms with Crippen molar-refractivity contribution in [3.8, 4) is 5.75 Å². The first-order valence-electron chi connectivity index (χ1n) is 7.24. The number of carbonyl (C=O) groups is 1. The Labute approximate surface area is 155 Å². The number of sulfonamides is 1. The van der Waals surface area contributed by atoms with Crippen molar-refractivity contribution in [2.45, 2.75) is 6.10 Å². The molecular formula is C16H14Cl2N2O4S. The van der Waals surface area contributed by atoms with E-state index in [2.05, 4.69) is 5.32 Å². The number of hydrogen-bond donors (Lipinski definition) is 1. The van der Waals surface area contributed by atoms with Gasteiger partial charge in [0.2, 0.25) is 10.0 Å². The number of nitrogens with one attached hydrogen (secondary N) is 1. The summed E-state index contributed by atoms with van der Waals surface area (Å²) in [4.78, 5) is 12.5. The van der Waals surface area contributed by atoms with Crippen LogP contribution in [0.3, 0.4) is 0 Å². The highest BCUT2D eigenvalue weighted by Gasteiger charge is 2.35. The minimum absolute atomic E-state index is 0.154. The predicted octanol–water partition coefficient (Wildman–Crippen LogP) is 3.16. The number of halogens is 2. The van der Waals surface area contributed by atoms with Crippen molar-refractivity contribution in [3.63, 3.8) is 0 Å². The van der Waals surface area contributed by atoms with Crippen LogP contribution in [0.1, 0.15) is 0 Å². The van der Waals surface area contributed by atoms with Gasteiger partial charge in [0.1, 0.15) is 5.75 Å². The predicted molar refractivity (Wildman–Crippen MR) is 98.1 cm³/mol. The third-order valence-electron chi connectivity index (χ3n) is 3.58. The van der Waals surface area contributed by atoms with Crippen LogP contribution in [0.25, 0.3) is 0 Å². The zero-order chi connectivity index (χ0) is 18.2. The van der Waals surface area contributed by atoms with Crippen LogP contribution in [0.5, 0.6) is 5.75 Å². The van der Waals surface area contributed by atoms with E-state index in [0.29, 0.717) is 21.4 Å². The monoisotopic (exact) mass is 400 g/mol. The largest absolute Gasteiger partial charge is 0.476 e. The first-order valence-corrected chi connectivity index (χ1v) is 9.85. The van der Waals surface area contributed by atoms with Gasteiger partial charge in [0, 0.05) is 15.7 Å². The molecule has 3 rings (SSSR count). The lowest BCUT2D eigenvalue weighted by Crippen LogP contribution is -2.48. The van der Waals surface area contributed by atoms with E-state index in [1.165, 1.54) is 12.1 Å². The fourth-order valence-electron chi connectivity index (χ4n) is 2.46. The summed E-state index contributed by atoms with van der Waals surface area (Å²) >= 11 is 11.8. The van der Waals surface area contributed by atoms with Crippen molar-refractivity contribution in [3.05, 3.63) is 52.5 Å². The molecule has 25 heavy (non-hydrogen) atoms. The van der Waals surface area contributed by atoms with Crippen LogP contribution in [0.15, 0.2) is 42.5 Å². The Bertz CT molecular complexity index is 933. The summed E-state index contributed by atoms with van der Waals surface area (Å²) in [6.45, 7) is -0.154. The van der Waals surface area contributed by atoms with E-state index in [4.69, 9.17) is 27.9 Å². The zero-order valence-electron chi connectivity index (χ0n) is 13.1. The van der Waals surface area contributed by atoms with Crippen molar-refractivity contribution in [2.24, 2.45) is 0 Å². The van der Waals surface area contributed by atoms with Crippen LogP contribution in [0, 0.1) is 0 Å². The van der Waals surface area contributed by atoms with Crippen LogP contribution in [0.2, 0.25) is 10.0 Å². The molecule has 6 nitrogen and oxygen atoms in total. The molecule has 0 fully saturated rings.